The summed E-state index contributed by atoms with van der Waals surface area (Å²) in [5.74, 6) is 2.45. The second-order valence-corrected chi connectivity index (χ2v) is 14.9. The van der Waals surface area contributed by atoms with Gasteiger partial charge in [0.25, 0.3) is 0 Å². The standard InChI is InChI=1S/C20H34O2S.C7H7NO2/c1-11-7-17(15-9-13(11)19(15,3)4)23(21,22)18-8-12(2)14-10-16(18)20(14,5)6;8-6-4-2-1-3-5(6)7(9)10/h11-18H,7-10H2,1-6H3;1-4H,8H2,(H,9,10). The molecule has 6 saturated carbocycles. The number of hydrogen-bond donors (Lipinski definition) is 2. The molecule has 0 amide bonds. The molecule has 4 bridgehead atoms. The summed E-state index contributed by atoms with van der Waals surface area (Å²) in [5.41, 5.74) is 6.26. The molecular weight excluding hydrogens is 434 g/mol. The number of rotatable bonds is 3. The molecule has 5 nitrogen and oxygen atoms in total. The number of anilines is 1. The molecule has 0 heterocycles. The third-order valence-corrected chi connectivity index (χ3v) is 13.1. The topological polar surface area (TPSA) is 97.5 Å². The van der Waals surface area contributed by atoms with E-state index in [4.69, 9.17) is 10.8 Å². The summed E-state index contributed by atoms with van der Waals surface area (Å²) in [7, 11) is -3.02. The smallest absolute Gasteiger partial charge is 0.337 e. The van der Waals surface area contributed by atoms with E-state index in [0.717, 1.165) is 37.5 Å². The summed E-state index contributed by atoms with van der Waals surface area (Å²) in [6, 6.07) is 6.36. The highest BCUT2D eigenvalue weighted by Gasteiger charge is 2.65. The Morgan fingerprint density at radius 3 is 1.58 bits per heavy atom. The third-order valence-electron chi connectivity index (χ3n) is 10.4. The highest BCUT2D eigenvalue weighted by atomic mass is 32.2. The molecular formula is C27H41NO4S. The van der Waals surface area contributed by atoms with Crippen molar-refractivity contribution >= 4 is 21.5 Å². The maximum atomic E-state index is 13.7. The van der Waals surface area contributed by atoms with Crippen molar-refractivity contribution in [2.24, 2.45) is 46.3 Å². The number of carboxylic acid groups (broad SMARTS) is 1. The van der Waals surface area contributed by atoms with Crippen LogP contribution >= 0.6 is 0 Å². The van der Waals surface area contributed by atoms with Crippen molar-refractivity contribution in [2.45, 2.75) is 77.7 Å². The Labute approximate surface area is 199 Å². The molecule has 6 heteroatoms. The zero-order chi connectivity index (χ0) is 24.5. The first kappa shape index (κ1) is 24.6. The number of sulfone groups is 1. The predicted octanol–water partition coefficient (Wildman–Crippen LogP) is 5.51. The Morgan fingerprint density at radius 1 is 0.848 bits per heavy atom. The molecule has 8 atom stereocenters. The first-order valence-electron chi connectivity index (χ1n) is 12.5. The fourth-order valence-corrected chi connectivity index (χ4v) is 11.6. The minimum Gasteiger partial charge on any atom is -0.478 e. The van der Waals surface area contributed by atoms with Crippen LogP contribution in [-0.2, 0) is 9.84 Å². The van der Waals surface area contributed by atoms with Crippen molar-refractivity contribution in [1.29, 1.82) is 0 Å². The average molecular weight is 476 g/mol. The minimum absolute atomic E-state index is 0.0670. The first-order valence-corrected chi connectivity index (χ1v) is 14.1. The Hall–Kier alpha value is -1.56. The van der Waals surface area contributed by atoms with Gasteiger partial charge in [-0.15, -0.1) is 0 Å². The molecule has 0 spiro atoms. The molecule has 33 heavy (non-hydrogen) atoms. The Bertz CT molecular complexity index is 982. The number of carboxylic acids is 1. The highest BCUT2D eigenvalue weighted by molar-refractivity contribution is 7.92. The predicted molar refractivity (Wildman–Crippen MR) is 133 cm³/mol. The molecule has 6 aliphatic rings. The van der Waals surface area contributed by atoms with Crippen LogP contribution in [0.2, 0.25) is 0 Å². The van der Waals surface area contributed by atoms with Crippen LogP contribution in [0.4, 0.5) is 5.69 Å². The summed E-state index contributed by atoms with van der Waals surface area (Å²) >= 11 is 0. The van der Waals surface area contributed by atoms with Gasteiger partial charge in [0.15, 0.2) is 9.84 Å². The van der Waals surface area contributed by atoms with E-state index >= 15 is 0 Å². The number of benzene rings is 1. The summed E-state index contributed by atoms with van der Waals surface area (Å²) in [6.07, 6.45) is 4.14. The van der Waals surface area contributed by atoms with E-state index in [-0.39, 0.29) is 26.9 Å². The molecule has 0 aliphatic heterocycles. The number of aromatic carboxylic acids is 1. The van der Waals surface area contributed by atoms with Crippen LogP contribution in [0, 0.1) is 46.3 Å². The molecule has 3 N–H and O–H groups in total. The van der Waals surface area contributed by atoms with Gasteiger partial charge in [0, 0.05) is 5.69 Å². The maximum absolute atomic E-state index is 13.7. The molecule has 0 saturated heterocycles. The van der Waals surface area contributed by atoms with Gasteiger partial charge in [0.1, 0.15) is 0 Å². The number of hydrogen-bond acceptors (Lipinski definition) is 4. The number of fused-ring (bicyclic) bond motifs is 4. The molecule has 8 unspecified atom stereocenters. The van der Waals surface area contributed by atoms with Crippen molar-refractivity contribution < 1.29 is 18.3 Å². The summed E-state index contributed by atoms with van der Waals surface area (Å²) in [5, 5.41) is 8.35. The number of carbonyl (C=O) groups is 1. The lowest BCUT2D eigenvalue weighted by Gasteiger charge is -2.65. The normalized spacial score (nSPS) is 39.8. The second kappa shape index (κ2) is 8.00. The fourth-order valence-electron chi connectivity index (χ4n) is 8.22. The Kier molecular flexibility index (Phi) is 5.95. The molecule has 0 aromatic heterocycles. The lowest BCUT2D eigenvalue weighted by Crippen LogP contribution is -2.65. The van der Waals surface area contributed by atoms with Gasteiger partial charge in [-0.05, 0) is 84.2 Å². The van der Waals surface area contributed by atoms with Crippen molar-refractivity contribution in [3.8, 4) is 0 Å². The van der Waals surface area contributed by atoms with Crippen LogP contribution in [0.15, 0.2) is 24.3 Å². The van der Waals surface area contributed by atoms with Crippen LogP contribution in [0.3, 0.4) is 0 Å². The van der Waals surface area contributed by atoms with Crippen LogP contribution in [0.25, 0.3) is 0 Å². The van der Waals surface area contributed by atoms with E-state index in [1.165, 1.54) is 6.07 Å². The number of nitrogen functional groups attached to an aromatic ring is 1. The van der Waals surface area contributed by atoms with Crippen LogP contribution in [0.5, 0.6) is 0 Å². The van der Waals surface area contributed by atoms with Gasteiger partial charge >= 0.3 is 5.97 Å². The summed E-state index contributed by atoms with van der Waals surface area (Å²) in [4.78, 5) is 10.3. The quantitative estimate of drug-likeness (QED) is 0.562. The molecule has 184 valence electrons. The number of para-hydroxylation sites is 1. The fraction of sp³-hybridized carbons (Fsp3) is 0.741. The summed E-state index contributed by atoms with van der Waals surface area (Å²) in [6.45, 7) is 13.8. The van der Waals surface area contributed by atoms with E-state index in [0.29, 0.717) is 29.4 Å². The van der Waals surface area contributed by atoms with E-state index in [1.807, 2.05) is 0 Å². The molecule has 6 aliphatic carbocycles. The SMILES string of the molecule is CC1CC(S(=O)(=O)C2CC(C)C3CC2C3(C)C)C2CC1C2(C)C.Nc1ccccc1C(=O)O. The van der Waals surface area contributed by atoms with E-state index in [2.05, 4.69) is 41.5 Å². The molecule has 1 aromatic rings. The lowest BCUT2D eigenvalue weighted by molar-refractivity contribution is -0.104. The zero-order valence-corrected chi connectivity index (χ0v) is 21.7. The Balaban J connectivity index is 0.000000219. The zero-order valence-electron chi connectivity index (χ0n) is 20.9. The van der Waals surface area contributed by atoms with Gasteiger partial charge in [-0.2, -0.15) is 0 Å². The van der Waals surface area contributed by atoms with E-state index in [1.54, 1.807) is 18.2 Å². The average Bonchev–Trinajstić information content (AvgIpc) is 2.72. The maximum Gasteiger partial charge on any atom is 0.337 e. The third kappa shape index (κ3) is 3.71. The molecule has 1 aromatic carbocycles. The van der Waals surface area contributed by atoms with Gasteiger partial charge in [0.2, 0.25) is 0 Å². The largest absolute Gasteiger partial charge is 0.478 e. The van der Waals surface area contributed by atoms with E-state index < -0.39 is 15.8 Å². The first-order chi connectivity index (χ1) is 15.2. The van der Waals surface area contributed by atoms with Crippen molar-refractivity contribution in [1.82, 2.24) is 0 Å². The molecule has 6 fully saturated rings. The van der Waals surface area contributed by atoms with Gasteiger partial charge < -0.3 is 10.8 Å². The monoisotopic (exact) mass is 475 g/mol. The van der Waals surface area contributed by atoms with E-state index in [9.17, 15) is 13.2 Å². The van der Waals surface area contributed by atoms with Crippen LogP contribution in [-0.4, -0.2) is 30.0 Å². The van der Waals surface area contributed by atoms with Gasteiger partial charge in [-0.1, -0.05) is 53.7 Å². The number of nitrogens with two attached hydrogens (primary N) is 1. The van der Waals surface area contributed by atoms with Crippen molar-refractivity contribution in [2.75, 3.05) is 5.73 Å². The second-order valence-electron chi connectivity index (χ2n) is 12.5. The Morgan fingerprint density at radius 2 is 1.27 bits per heavy atom. The van der Waals surface area contributed by atoms with Gasteiger partial charge in [-0.3, -0.25) is 0 Å². The lowest BCUT2D eigenvalue weighted by atomic mass is 9.45. The highest BCUT2D eigenvalue weighted by Crippen LogP contribution is 2.66. The van der Waals surface area contributed by atoms with Gasteiger partial charge in [0.05, 0.1) is 16.1 Å². The van der Waals surface area contributed by atoms with Crippen LogP contribution in [0.1, 0.15) is 77.6 Å². The minimum atomic E-state index is -3.02. The molecule has 7 rings (SSSR count). The molecule has 0 radical (unpaired) electrons. The van der Waals surface area contributed by atoms with Gasteiger partial charge in [-0.25, -0.2) is 13.2 Å². The summed E-state index contributed by atoms with van der Waals surface area (Å²) < 4.78 is 27.4. The van der Waals surface area contributed by atoms with Crippen LogP contribution < -0.4 is 5.73 Å². The van der Waals surface area contributed by atoms with Crippen molar-refractivity contribution in [3.63, 3.8) is 0 Å². The van der Waals surface area contributed by atoms with Crippen molar-refractivity contribution in [3.05, 3.63) is 29.8 Å².